The largest absolute Gasteiger partial charge is 0.364 e. The smallest absolute Gasteiger partial charge is 0.246 e. The van der Waals surface area contributed by atoms with E-state index in [-0.39, 0.29) is 25.2 Å². The maximum absolute atomic E-state index is 12.1. The van der Waals surface area contributed by atoms with Crippen molar-refractivity contribution in [1.82, 2.24) is 20.2 Å². The summed E-state index contributed by atoms with van der Waals surface area (Å²) in [4.78, 5) is 23.1. The van der Waals surface area contributed by atoms with Gasteiger partial charge >= 0.3 is 0 Å². The molecule has 1 aromatic carbocycles. The van der Waals surface area contributed by atoms with Gasteiger partial charge in [0, 0.05) is 11.4 Å². The molecule has 3 aromatic rings. The molecule has 0 aliphatic rings. The minimum atomic E-state index is -0.125. The molecular weight excluding hydrogens is 348 g/mol. The van der Waals surface area contributed by atoms with Crippen LogP contribution in [0, 0.1) is 6.92 Å². The molecule has 0 radical (unpaired) electrons. The normalized spacial score (nSPS) is 12.6. The molecule has 2 aromatic heterocycles. The van der Waals surface area contributed by atoms with Gasteiger partial charge in [-0.3, -0.25) is 4.79 Å². The number of amides is 1. The summed E-state index contributed by atoms with van der Waals surface area (Å²) in [6, 6.07) is 10.3. The van der Waals surface area contributed by atoms with E-state index in [2.05, 4.69) is 26.3 Å². The highest BCUT2D eigenvalue weighted by Gasteiger charge is 2.16. The zero-order chi connectivity index (χ0) is 18.5. The van der Waals surface area contributed by atoms with Crippen LogP contribution in [0.15, 0.2) is 35.7 Å². The molecule has 1 atom stereocenters. The van der Waals surface area contributed by atoms with Crippen LogP contribution in [0.3, 0.4) is 0 Å². The lowest BCUT2D eigenvalue weighted by Gasteiger charge is -2.23. The number of nitrogens with zero attached hydrogens (tertiary/aromatic N) is 2. The third-order valence-corrected chi connectivity index (χ3v) is 5.12. The standard InChI is InChI=1S/C19H24N4O2S/c1-13-6-7-14-15(9-13)22-18(21-14)11-25-12-19(24)20-10-16(23(2)3)17-5-4-8-26-17/h4-9,16H,10-12H2,1-3H3,(H,20,24)(H,21,22)/t16-/m1/s1. The Morgan fingerprint density at radius 3 is 2.96 bits per heavy atom. The zero-order valence-corrected chi connectivity index (χ0v) is 16.1. The maximum atomic E-state index is 12.1. The Kier molecular flexibility index (Phi) is 6.03. The lowest BCUT2D eigenvalue weighted by Crippen LogP contribution is -2.36. The quantitative estimate of drug-likeness (QED) is 0.638. The lowest BCUT2D eigenvalue weighted by molar-refractivity contribution is -0.126. The fourth-order valence-corrected chi connectivity index (χ4v) is 3.69. The van der Waals surface area contributed by atoms with Gasteiger partial charge in [0.15, 0.2) is 0 Å². The number of aromatic amines is 1. The first-order valence-corrected chi connectivity index (χ1v) is 9.40. The Morgan fingerprint density at radius 2 is 2.23 bits per heavy atom. The second-order valence-corrected chi connectivity index (χ2v) is 7.48. The lowest BCUT2D eigenvalue weighted by atomic mass is 10.2. The van der Waals surface area contributed by atoms with Gasteiger partial charge in [0.2, 0.25) is 5.91 Å². The van der Waals surface area contributed by atoms with Crippen molar-refractivity contribution < 1.29 is 9.53 Å². The van der Waals surface area contributed by atoms with Crippen molar-refractivity contribution in [3.05, 3.63) is 52.0 Å². The number of benzene rings is 1. The van der Waals surface area contributed by atoms with Crippen molar-refractivity contribution >= 4 is 28.3 Å². The molecule has 0 fully saturated rings. The average molecular weight is 372 g/mol. The van der Waals surface area contributed by atoms with E-state index in [1.807, 2.05) is 50.7 Å². The first-order valence-electron chi connectivity index (χ1n) is 8.52. The number of aryl methyl sites for hydroxylation is 1. The van der Waals surface area contributed by atoms with E-state index in [0.29, 0.717) is 6.54 Å². The number of likely N-dealkylation sites (N-methyl/N-ethyl adjacent to an activating group) is 1. The van der Waals surface area contributed by atoms with Crippen LogP contribution in [0.2, 0.25) is 0 Å². The van der Waals surface area contributed by atoms with E-state index in [1.54, 1.807) is 11.3 Å². The highest BCUT2D eigenvalue weighted by molar-refractivity contribution is 7.10. The Labute approximate surface area is 157 Å². The van der Waals surface area contributed by atoms with E-state index in [1.165, 1.54) is 10.4 Å². The Hall–Kier alpha value is -2.22. The van der Waals surface area contributed by atoms with Crippen molar-refractivity contribution in [1.29, 1.82) is 0 Å². The summed E-state index contributed by atoms with van der Waals surface area (Å²) in [5.41, 5.74) is 3.07. The van der Waals surface area contributed by atoms with Crippen molar-refractivity contribution in [2.75, 3.05) is 27.2 Å². The van der Waals surface area contributed by atoms with Crippen LogP contribution in [0.5, 0.6) is 0 Å². The van der Waals surface area contributed by atoms with Crippen molar-refractivity contribution in [3.8, 4) is 0 Å². The molecule has 6 nitrogen and oxygen atoms in total. The molecule has 2 heterocycles. The number of carbonyl (C=O) groups is 1. The fraction of sp³-hybridized carbons (Fsp3) is 0.368. The summed E-state index contributed by atoms with van der Waals surface area (Å²) in [6.45, 7) is 2.89. The Morgan fingerprint density at radius 1 is 1.38 bits per heavy atom. The number of nitrogens with one attached hydrogen (secondary N) is 2. The number of imidazole rings is 1. The summed E-state index contributed by atoms with van der Waals surface area (Å²) in [5.74, 6) is 0.600. The Balaban J connectivity index is 1.46. The predicted molar refractivity (Wildman–Crippen MR) is 104 cm³/mol. The maximum Gasteiger partial charge on any atom is 0.246 e. The topological polar surface area (TPSA) is 70.2 Å². The van der Waals surface area contributed by atoms with Crippen LogP contribution in [-0.4, -0.2) is 48.0 Å². The summed E-state index contributed by atoms with van der Waals surface area (Å²) in [6.07, 6.45) is 0. The first kappa shape index (κ1) is 18.6. The minimum Gasteiger partial charge on any atom is -0.364 e. The van der Waals surface area contributed by atoms with Crippen molar-refractivity contribution in [2.24, 2.45) is 0 Å². The number of fused-ring (bicyclic) bond motifs is 1. The monoisotopic (exact) mass is 372 g/mol. The van der Waals surface area contributed by atoms with Gasteiger partial charge in [0.25, 0.3) is 0 Å². The van der Waals surface area contributed by atoms with Gasteiger partial charge in [0.05, 0.1) is 17.1 Å². The van der Waals surface area contributed by atoms with Crippen LogP contribution < -0.4 is 5.32 Å². The molecular formula is C19H24N4O2S. The molecule has 1 amide bonds. The average Bonchev–Trinajstić information content (AvgIpc) is 3.24. The van der Waals surface area contributed by atoms with E-state index in [0.717, 1.165) is 16.9 Å². The molecule has 0 unspecified atom stereocenters. The second-order valence-electron chi connectivity index (χ2n) is 6.50. The minimum absolute atomic E-state index is 0.0145. The van der Waals surface area contributed by atoms with Gasteiger partial charge in [-0.25, -0.2) is 4.98 Å². The van der Waals surface area contributed by atoms with Crippen LogP contribution in [0.1, 0.15) is 22.3 Å². The Bertz CT molecular complexity index is 858. The SMILES string of the molecule is Cc1ccc2nc(COCC(=O)NC[C@H](c3cccs3)N(C)C)[nH]c2c1. The molecule has 0 saturated carbocycles. The third kappa shape index (κ3) is 4.69. The summed E-state index contributed by atoms with van der Waals surface area (Å²) < 4.78 is 5.51. The molecule has 2 N–H and O–H groups in total. The highest BCUT2D eigenvalue weighted by Crippen LogP contribution is 2.22. The molecule has 0 bridgehead atoms. The van der Waals surface area contributed by atoms with Crippen LogP contribution in [0.25, 0.3) is 11.0 Å². The molecule has 138 valence electrons. The van der Waals surface area contributed by atoms with Gasteiger partial charge < -0.3 is 19.9 Å². The molecule has 0 saturated heterocycles. The van der Waals surface area contributed by atoms with Crippen molar-refractivity contribution in [3.63, 3.8) is 0 Å². The van der Waals surface area contributed by atoms with E-state index >= 15 is 0 Å². The summed E-state index contributed by atoms with van der Waals surface area (Å²) >= 11 is 1.69. The van der Waals surface area contributed by atoms with E-state index in [4.69, 9.17) is 4.74 Å². The number of rotatable bonds is 8. The number of H-pyrrole nitrogens is 1. The van der Waals surface area contributed by atoms with E-state index in [9.17, 15) is 4.79 Å². The molecule has 0 spiro atoms. The van der Waals surface area contributed by atoms with Gasteiger partial charge in [-0.05, 0) is 50.2 Å². The van der Waals surface area contributed by atoms with Gasteiger partial charge in [0.1, 0.15) is 19.0 Å². The molecule has 0 aliphatic carbocycles. The fourth-order valence-electron chi connectivity index (χ4n) is 2.77. The molecule has 7 heteroatoms. The van der Waals surface area contributed by atoms with Crippen LogP contribution in [-0.2, 0) is 16.1 Å². The zero-order valence-electron chi connectivity index (χ0n) is 15.3. The predicted octanol–water partition coefficient (Wildman–Crippen LogP) is 2.87. The highest BCUT2D eigenvalue weighted by atomic mass is 32.1. The molecule has 0 aliphatic heterocycles. The van der Waals surface area contributed by atoms with Crippen LogP contribution >= 0.6 is 11.3 Å². The van der Waals surface area contributed by atoms with Gasteiger partial charge in [-0.2, -0.15) is 0 Å². The first-order chi connectivity index (χ1) is 12.5. The van der Waals surface area contributed by atoms with Gasteiger partial charge in [-0.15, -0.1) is 11.3 Å². The number of hydrogen-bond acceptors (Lipinski definition) is 5. The van der Waals surface area contributed by atoms with E-state index < -0.39 is 0 Å². The van der Waals surface area contributed by atoms with Crippen LogP contribution in [0.4, 0.5) is 0 Å². The summed E-state index contributed by atoms with van der Waals surface area (Å²) in [7, 11) is 4.02. The number of thiophene rings is 1. The van der Waals surface area contributed by atoms with Crippen molar-refractivity contribution in [2.45, 2.75) is 19.6 Å². The number of ether oxygens (including phenoxy) is 1. The third-order valence-electron chi connectivity index (χ3n) is 4.15. The van der Waals surface area contributed by atoms with Gasteiger partial charge in [-0.1, -0.05) is 12.1 Å². The second kappa shape index (κ2) is 8.44. The number of carbonyl (C=O) groups excluding carboxylic acids is 1. The molecule has 26 heavy (non-hydrogen) atoms. The summed E-state index contributed by atoms with van der Waals surface area (Å²) in [5, 5.41) is 4.99. The molecule has 3 rings (SSSR count). The number of hydrogen-bond donors (Lipinski definition) is 2. The number of aromatic nitrogens is 2.